The van der Waals surface area contributed by atoms with E-state index in [2.05, 4.69) is 5.32 Å². The molecule has 2 heterocycles. The maximum atomic E-state index is 14.9. The number of hydrogen-bond acceptors (Lipinski definition) is 8. The average Bonchev–Trinajstić information content (AvgIpc) is 3.45. The highest BCUT2D eigenvalue weighted by Gasteiger charge is 2.77. The van der Waals surface area contributed by atoms with Crippen molar-refractivity contribution in [1.29, 1.82) is 0 Å². The van der Waals surface area contributed by atoms with Crippen molar-refractivity contribution in [2.24, 2.45) is 11.8 Å². The third-order valence-electron chi connectivity index (χ3n) is 8.19. The van der Waals surface area contributed by atoms with Gasteiger partial charge in [0.2, 0.25) is 11.8 Å². The maximum Gasteiger partial charge on any atom is 0.421 e. The molecule has 0 unspecified atom stereocenters. The van der Waals surface area contributed by atoms with Crippen molar-refractivity contribution in [3.8, 4) is 0 Å². The van der Waals surface area contributed by atoms with Crippen LogP contribution in [0.2, 0.25) is 0 Å². The van der Waals surface area contributed by atoms with Crippen LogP contribution in [-0.2, 0) is 44.2 Å². The van der Waals surface area contributed by atoms with Crippen LogP contribution in [0.25, 0.3) is 0 Å². The molecule has 216 valence electrons. The largest absolute Gasteiger partial charge is 0.466 e. The molecule has 0 bridgehead atoms. The highest BCUT2D eigenvalue weighted by Crippen LogP contribution is 2.67. The Kier molecular flexibility index (Phi) is 6.91. The summed E-state index contributed by atoms with van der Waals surface area (Å²) in [7, 11) is 0. The first-order valence-corrected chi connectivity index (χ1v) is 13.8. The van der Waals surface area contributed by atoms with E-state index in [-0.39, 0.29) is 31.7 Å². The van der Waals surface area contributed by atoms with E-state index in [0.29, 0.717) is 16.8 Å². The van der Waals surface area contributed by atoms with Crippen molar-refractivity contribution >= 4 is 41.2 Å². The van der Waals surface area contributed by atoms with E-state index in [9.17, 15) is 24.0 Å². The molecule has 3 amide bonds. The number of amides is 3. The number of nitrogens with zero attached hydrogens (tertiary/aromatic N) is 1. The molecule has 41 heavy (non-hydrogen) atoms. The second-order valence-corrected chi connectivity index (χ2v) is 11.6. The number of benzene rings is 2. The topological polar surface area (TPSA) is 128 Å². The minimum atomic E-state index is -1.80. The fourth-order valence-electron chi connectivity index (χ4n) is 6.98. The van der Waals surface area contributed by atoms with Crippen LogP contribution in [0, 0.1) is 11.8 Å². The van der Waals surface area contributed by atoms with Gasteiger partial charge in [-0.05, 0) is 70.2 Å². The molecule has 3 aliphatic rings. The number of anilines is 2. The van der Waals surface area contributed by atoms with Gasteiger partial charge >= 0.3 is 18.0 Å². The summed E-state index contributed by atoms with van der Waals surface area (Å²) in [6, 6.07) is 13.6. The standard InChI is InChI=1S/C31H34N2O8/c1-6-39-23(34)16-18-17-30(19-12-8-10-14-21(19)32-26(30)36)24(25(35)40-7-2)31(18)20-13-9-11-15-22(20)33(27(31)37)28(38)41-29(3,4)5/h8-15,18,24H,6-7,16-17H2,1-5H3,(H,32,36)/t18-,24-,30-,31-/m1/s1. The van der Waals surface area contributed by atoms with Crippen molar-refractivity contribution in [3.05, 3.63) is 59.7 Å². The van der Waals surface area contributed by atoms with Gasteiger partial charge < -0.3 is 19.5 Å². The van der Waals surface area contributed by atoms with Gasteiger partial charge in [0.15, 0.2) is 0 Å². The zero-order valence-electron chi connectivity index (χ0n) is 23.8. The maximum absolute atomic E-state index is 14.9. The smallest absolute Gasteiger partial charge is 0.421 e. The molecular formula is C31H34N2O8. The lowest BCUT2D eigenvalue weighted by molar-refractivity contribution is -0.157. The molecule has 1 N–H and O–H groups in total. The zero-order valence-corrected chi connectivity index (χ0v) is 23.8. The van der Waals surface area contributed by atoms with Gasteiger partial charge in [-0.1, -0.05) is 36.4 Å². The normalized spacial score (nSPS) is 26.1. The Morgan fingerprint density at radius 2 is 1.59 bits per heavy atom. The van der Waals surface area contributed by atoms with E-state index < -0.39 is 58.1 Å². The Bertz CT molecular complexity index is 1450. The van der Waals surface area contributed by atoms with Crippen molar-refractivity contribution in [1.82, 2.24) is 0 Å². The molecule has 4 atom stereocenters. The highest BCUT2D eigenvalue weighted by molar-refractivity contribution is 6.24. The van der Waals surface area contributed by atoms with Crippen LogP contribution in [0.3, 0.4) is 0 Å². The molecule has 0 saturated heterocycles. The molecule has 2 aromatic carbocycles. The van der Waals surface area contributed by atoms with E-state index in [1.165, 1.54) is 0 Å². The number of esters is 2. The van der Waals surface area contributed by atoms with Crippen LogP contribution in [-0.4, -0.2) is 48.7 Å². The number of para-hydroxylation sites is 2. The monoisotopic (exact) mass is 562 g/mol. The molecule has 5 rings (SSSR count). The van der Waals surface area contributed by atoms with Gasteiger partial charge in [-0.25, -0.2) is 9.69 Å². The lowest BCUT2D eigenvalue weighted by Gasteiger charge is -2.37. The van der Waals surface area contributed by atoms with Crippen LogP contribution in [0.4, 0.5) is 16.2 Å². The second-order valence-electron chi connectivity index (χ2n) is 11.6. The van der Waals surface area contributed by atoms with Gasteiger partial charge in [0.1, 0.15) is 5.60 Å². The Balaban J connectivity index is 1.82. The molecule has 1 saturated carbocycles. The van der Waals surface area contributed by atoms with E-state index in [4.69, 9.17) is 14.2 Å². The van der Waals surface area contributed by atoms with Crippen molar-refractivity contribution in [2.45, 2.75) is 63.9 Å². The van der Waals surface area contributed by atoms with E-state index >= 15 is 0 Å². The number of imide groups is 1. The minimum absolute atomic E-state index is 0.00107. The molecule has 2 aliphatic heterocycles. The first-order chi connectivity index (χ1) is 19.4. The number of hydrogen-bond donors (Lipinski definition) is 1. The quantitative estimate of drug-likeness (QED) is 0.423. The van der Waals surface area contributed by atoms with Crippen LogP contribution >= 0.6 is 0 Å². The first kappa shape index (κ1) is 28.3. The summed E-state index contributed by atoms with van der Waals surface area (Å²) >= 11 is 0. The van der Waals surface area contributed by atoms with E-state index in [1.807, 2.05) is 0 Å². The molecule has 10 nitrogen and oxygen atoms in total. The number of fused-ring (bicyclic) bond motifs is 4. The predicted molar refractivity (Wildman–Crippen MR) is 148 cm³/mol. The van der Waals surface area contributed by atoms with Crippen LogP contribution in [0.15, 0.2) is 48.5 Å². The molecular weight excluding hydrogens is 528 g/mol. The molecule has 0 aromatic heterocycles. The molecule has 0 radical (unpaired) electrons. The number of nitrogens with one attached hydrogen (secondary N) is 1. The summed E-state index contributed by atoms with van der Waals surface area (Å²) in [5.74, 6) is -4.84. The Hall–Kier alpha value is -4.21. The molecule has 2 aromatic rings. The number of rotatable bonds is 5. The lowest BCUT2D eigenvalue weighted by Crippen LogP contribution is -2.56. The van der Waals surface area contributed by atoms with Crippen LogP contribution < -0.4 is 10.2 Å². The third kappa shape index (κ3) is 4.10. The molecule has 1 fully saturated rings. The van der Waals surface area contributed by atoms with Crippen molar-refractivity contribution in [2.75, 3.05) is 23.4 Å². The predicted octanol–water partition coefficient (Wildman–Crippen LogP) is 4.25. The van der Waals surface area contributed by atoms with Gasteiger partial charge in [-0.3, -0.25) is 19.2 Å². The fourth-order valence-corrected chi connectivity index (χ4v) is 6.98. The third-order valence-corrected chi connectivity index (χ3v) is 8.19. The summed E-state index contributed by atoms with van der Waals surface area (Å²) < 4.78 is 16.5. The number of carbonyl (C=O) groups is 5. The summed E-state index contributed by atoms with van der Waals surface area (Å²) in [5.41, 5.74) is -2.63. The summed E-state index contributed by atoms with van der Waals surface area (Å²) in [6.07, 6.45) is -1.20. The summed E-state index contributed by atoms with van der Waals surface area (Å²) in [5, 5.41) is 2.89. The average molecular weight is 563 g/mol. The Morgan fingerprint density at radius 1 is 0.951 bits per heavy atom. The van der Waals surface area contributed by atoms with Gasteiger partial charge in [-0.15, -0.1) is 0 Å². The second kappa shape index (κ2) is 10.0. The molecule has 10 heteroatoms. The number of carbonyl (C=O) groups excluding carboxylic acids is 5. The van der Waals surface area contributed by atoms with Crippen molar-refractivity contribution < 1.29 is 38.2 Å². The van der Waals surface area contributed by atoms with Gasteiger partial charge in [0, 0.05) is 12.1 Å². The fraction of sp³-hybridized carbons (Fsp3) is 0.452. The minimum Gasteiger partial charge on any atom is -0.466 e. The first-order valence-electron chi connectivity index (χ1n) is 13.8. The molecule has 2 spiro atoms. The molecule has 1 aliphatic carbocycles. The lowest BCUT2D eigenvalue weighted by atomic mass is 9.62. The van der Waals surface area contributed by atoms with Gasteiger partial charge in [0.05, 0.1) is 35.6 Å². The Morgan fingerprint density at radius 3 is 2.24 bits per heavy atom. The Labute approximate surface area is 238 Å². The van der Waals surface area contributed by atoms with Gasteiger partial charge in [-0.2, -0.15) is 0 Å². The van der Waals surface area contributed by atoms with Gasteiger partial charge in [0.25, 0.3) is 0 Å². The van der Waals surface area contributed by atoms with Crippen LogP contribution in [0.5, 0.6) is 0 Å². The number of ether oxygens (including phenoxy) is 3. The summed E-state index contributed by atoms with van der Waals surface area (Å²) in [6.45, 7) is 8.48. The van der Waals surface area contributed by atoms with Crippen LogP contribution in [0.1, 0.15) is 58.6 Å². The zero-order chi connectivity index (χ0) is 29.7. The summed E-state index contributed by atoms with van der Waals surface area (Å²) in [4.78, 5) is 70.6. The van der Waals surface area contributed by atoms with E-state index in [1.54, 1.807) is 83.1 Å². The highest BCUT2D eigenvalue weighted by atomic mass is 16.6. The van der Waals surface area contributed by atoms with Crippen molar-refractivity contribution in [3.63, 3.8) is 0 Å². The van der Waals surface area contributed by atoms with E-state index in [0.717, 1.165) is 4.90 Å². The SMILES string of the molecule is CCOC(=O)C[C@@H]1C[C@]2(C(=O)Nc3ccccc32)[C@@H](C(=O)OCC)[C@@]12C(=O)N(C(=O)OC(C)(C)C)c1ccccc12.